The Morgan fingerprint density at radius 3 is 1.37 bits per heavy atom. The van der Waals surface area contributed by atoms with Crippen LogP contribution in [-0.2, 0) is 41.6 Å². The lowest BCUT2D eigenvalue weighted by atomic mass is 10.0. The van der Waals surface area contributed by atoms with Crippen molar-refractivity contribution in [1.29, 1.82) is 0 Å². The number of benzene rings is 2. The number of hydrogen-bond acceptors (Lipinski definition) is 12. The Morgan fingerprint density at radius 1 is 0.633 bits per heavy atom. The molecule has 0 saturated carbocycles. The molecule has 0 spiro atoms. The van der Waals surface area contributed by atoms with Crippen molar-refractivity contribution < 1.29 is 38.1 Å². The minimum absolute atomic E-state index is 0.139. The molecule has 2 aromatic heterocycles. The van der Waals surface area contributed by atoms with Crippen LogP contribution in [0.1, 0.15) is 85.2 Å². The van der Waals surface area contributed by atoms with Gasteiger partial charge in [-0.25, -0.2) is 0 Å². The monoisotopic (exact) mass is 864 g/mol. The minimum atomic E-state index is -0.186. The maximum atomic E-state index is 14.1. The summed E-state index contributed by atoms with van der Waals surface area (Å²) in [5, 5.41) is 7.51. The molecule has 2 N–H and O–H groups in total. The van der Waals surface area contributed by atoms with Crippen LogP contribution in [0.25, 0.3) is 21.8 Å². The van der Waals surface area contributed by atoms with Crippen LogP contribution in [0.15, 0.2) is 58.6 Å². The molecule has 326 valence electrons. The summed E-state index contributed by atoms with van der Waals surface area (Å²) in [6, 6.07) is 11.1. The van der Waals surface area contributed by atoms with Crippen molar-refractivity contribution in [2.45, 2.75) is 88.5 Å². The first-order valence-electron chi connectivity index (χ1n) is 20.4. The Labute approximate surface area is 361 Å². The lowest BCUT2D eigenvalue weighted by Crippen LogP contribution is -2.33. The first kappa shape index (κ1) is 48.3. The Morgan fingerprint density at radius 2 is 1.03 bits per heavy atom. The van der Waals surface area contributed by atoms with Crippen molar-refractivity contribution in [1.82, 2.24) is 30.4 Å². The van der Waals surface area contributed by atoms with Gasteiger partial charge in [0, 0.05) is 112 Å². The van der Waals surface area contributed by atoms with Crippen LogP contribution in [0, 0.1) is 0 Å². The summed E-state index contributed by atoms with van der Waals surface area (Å²) in [6.07, 6.45) is 4.91. The van der Waals surface area contributed by atoms with Gasteiger partial charge in [-0.05, 0) is 74.2 Å². The number of carbonyl (C=O) groups excluding carboxylic acids is 4. The Balaban J connectivity index is 1.80. The zero-order valence-corrected chi connectivity index (χ0v) is 37.8. The van der Waals surface area contributed by atoms with Gasteiger partial charge in [0.05, 0.1) is 49.3 Å². The van der Waals surface area contributed by atoms with Gasteiger partial charge in [-0.1, -0.05) is 35.4 Å². The molecular weight excluding hydrogens is 805 g/mol. The third kappa shape index (κ3) is 13.1. The predicted octanol–water partition coefficient (Wildman–Crippen LogP) is 6.66. The number of rotatable bonds is 25. The van der Waals surface area contributed by atoms with Crippen LogP contribution in [0.5, 0.6) is 0 Å². The Kier molecular flexibility index (Phi) is 20.0. The highest BCUT2D eigenvalue weighted by molar-refractivity contribution is 8.76. The normalized spacial score (nSPS) is 12.3. The van der Waals surface area contributed by atoms with Gasteiger partial charge in [0.2, 0.25) is 11.8 Å². The van der Waals surface area contributed by atoms with Gasteiger partial charge in [-0.15, -0.1) is 0 Å². The maximum Gasteiger partial charge on any atom is 0.253 e. The average Bonchev–Trinajstić information content (AvgIpc) is 3.27. The lowest BCUT2D eigenvalue weighted by molar-refractivity contribution is -0.124. The molecule has 4 aromatic rings. The summed E-state index contributed by atoms with van der Waals surface area (Å²) < 4.78 is 21.4. The molecule has 4 rings (SSSR count). The van der Waals surface area contributed by atoms with Gasteiger partial charge in [0.15, 0.2) is 0 Å². The third-order valence-corrected chi connectivity index (χ3v) is 12.7. The number of pyridine rings is 2. The first-order valence-corrected chi connectivity index (χ1v) is 22.5. The largest absolute Gasteiger partial charge is 0.383 e. The molecular formula is C44H60N6O8S2. The molecule has 60 heavy (non-hydrogen) atoms. The predicted molar refractivity (Wildman–Crippen MR) is 237 cm³/mol. The molecule has 2 aromatic carbocycles. The van der Waals surface area contributed by atoms with Crippen molar-refractivity contribution in [3.8, 4) is 0 Å². The smallest absolute Gasteiger partial charge is 0.253 e. The second-order valence-corrected chi connectivity index (χ2v) is 16.3. The van der Waals surface area contributed by atoms with Crippen LogP contribution in [0.2, 0.25) is 0 Å². The van der Waals surface area contributed by atoms with E-state index in [-0.39, 0.29) is 61.8 Å². The highest BCUT2D eigenvalue weighted by Crippen LogP contribution is 2.44. The zero-order chi connectivity index (χ0) is 43.6. The quantitative estimate of drug-likeness (QED) is 0.0683. The number of fused-ring (bicyclic) bond motifs is 2. The average molecular weight is 865 g/mol. The van der Waals surface area contributed by atoms with E-state index in [2.05, 4.69) is 10.6 Å². The molecule has 2 atom stereocenters. The van der Waals surface area contributed by atoms with E-state index in [1.807, 2.05) is 64.1 Å². The lowest BCUT2D eigenvalue weighted by Gasteiger charge is -2.22. The SMILES string of the molecule is CCC(CC(=O)NCc1ccnc2c(SSc3cc(C(=O)N(CC)CCOC)cc4c(CNC(=O)CC(CC)OC)ccnc34)cc(C(=O)N(CC)CCOC)cc12)OC. The summed E-state index contributed by atoms with van der Waals surface area (Å²) in [5.74, 6) is -0.601. The number of nitrogens with zero attached hydrogens (tertiary/aromatic N) is 4. The fourth-order valence-electron chi connectivity index (χ4n) is 6.64. The third-order valence-electron chi connectivity index (χ3n) is 10.3. The minimum Gasteiger partial charge on any atom is -0.383 e. The maximum absolute atomic E-state index is 14.1. The summed E-state index contributed by atoms with van der Waals surface area (Å²) in [6.45, 7) is 10.8. The molecule has 0 aliphatic carbocycles. The molecule has 0 radical (unpaired) electrons. The van der Waals surface area contributed by atoms with Crippen molar-refractivity contribution in [3.63, 3.8) is 0 Å². The van der Waals surface area contributed by atoms with Crippen LogP contribution in [0.3, 0.4) is 0 Å². The van der Waals surface area contributed by atoms with Crippen LogP contribution >= 0.6 is 21.6 Å². The van der Waals surface area contributed by atoms with Crippen LogP contribution < -0.4 is 10.6 Å². The highest BCUT2D eigenvalue weighted by atomic mass is 33.1. The van der Waals surface area contributed by atoms with E-state index in [9.17, 15) is 19.2 Å². The number of aromatic nitrogens is 2. The van der Waals surface area contributed by atoms with E-state index in [1.54, 1.807) is 50.6 Å². The highest BCUT2D eigenvalue weighted by Gasteiger charge is 2.22. The molecule has 14 nitrogen and oxygen atoms in total. The van der Waals surface area contributed by atoms with Gasteiger partial charge >= 0.3 is 0 Å². The van der Waals surface area contributed by atoms with Gasteiger partial charge < -0.3 is 39.4 Å². The van der Waals surface area contributed by atoms with Crippen LogP contribution in [-0.4, -0.2) is 123 Å². The Hall–Kier alpha value is -4.32. The second-order valence-electron chi connectivity index (χ2n) is 14.1. The summed E-state index contributed by atoms with van der Waals surface area (Å²) in [5.41, 5.74) is 3.86. The van der Waals surface area contributed by atoms with E-state index < -0.39 is 0 Å². The molecule has 4 amide bonds. The number of ether oxygens (including phenoxy) is 4. The standard InChI is InChI=1S/C44H60N6O8S2/c1-9-33(57-7)25-39(51)47-27-29-13-15-45-41-35(29)21-31(43(53)49(11-3)17-19-55-5)23-37(41)59-60-38-24-32(44(54)50(12-4)18-20-56-6)22-36-30(14-16-46-42(36)38)28-48-40(52)26-34(10-2)58-8/h13-16,21-24,33-34H,9-12,17-20,25-28H2,1-8H3,(H,47,51)(H,48,52). The number of hydrogen-bond donors (Lipinski definition) is 2. The molecule has 2 unspecified atom stereocenters. The zero-order valence-electron chi connectivity index (χ0n) is 36.1. The molecule has 0 aliphatic rings. The first-order chi connectivity index (χ1) is 29.0. The van der Waals surface area contributed by atoms with E-state index in [0.29, 0.717) is 74.4 Å². The van der Waals surface area contributed by atoms with Crippen LogP contribution in [0.4, 0.5) is 0 Å². The van der Waals surface area contributed by atoms with Gasteiger partial charge in [-0.3, -0.25) is 29.1 Å². The molecule has 0 aliphatic heterocycles. The topological polar surface area (TPSA) is 162 Å². The molecule has 0 bridgehead atoms. The van der Waals surface area contributed by atoms with Gasteiger partial charge in [-0.2, -0.15) is 0 Å². The molecule has 2 heterocycles. The van der Waals surface area contributed by atoms with E-state index in [0.717, 1.165) is 31.7 Å². The van der Waals surface area contributed by atoms with E-state index >= 15 is 0 Å². The number of methoxy groups -OCH3 is 4. The van der Waals surface area contributed by atoms with Crippen molar-refractivity contribution in [2.24, 2.45) is 0 Å². The fourth-order valence-corrected chi connectivity index (χ4v) is 8.95. The van der Waals surface area contributed by atoms with E-state index in [1.165, 1.54) is 21.6 Å². The molecule has 0 fully saturated rings. The number of amides is 4. The number of nitrogens with one attached hydrogen (secondary N) is 2. The summed E-state index contributed by atoms with van der Waals surface area (Å²) in [7, 11) is 9.21. The van der Waals surface area contributed by atoms with Gasteiger partial charge in [0.25, 0.3) is 11.8 Å². The van der Waals surface area contributed by atoms with Crippen molar-refractivity contribution in [2.75, 3.05) is 67.8 Å². The molecule has 16 heteroatoms. The number of carbonyl (C=O) groups is 4. The summed E-state index contributed by atoms with van der Waals surface area (Å²) in [4.78, 5) is 68.4. The molecule has 0 saturated heterocycles. The number of likely N-dealkylation sites (N-methyl/N-ethyl adjacent to an activating group) is 2. The van der Waals surface area contributed by atoms with E-state index in [4.69, 9.17) is 28.9 Å². The van der Waals surface area contributed by atoms with Gasteiger partial charge in [0.1, 0.15) is 0 Å². The van der Waals surface area contributed by atoms with Crippen molar-refractivity contribution in [3.05, 3.63) is 71.0 Å². The second kappa shape index (κ2) is 24.8. The fraction of sp³-hybridized carbons (Fsp3) is 0.500. The summed E-state index contributed by atoms with van der Waals surface area (Å²) >= 11 is 0. The Bertz CT molecular complexity index is 1920. The van der Waals surface area contributed by atoms with Crippen molar-refractivity contribution >= 4 is 67.0 Å².